The summed E-state index contributed by atoms with van der Waals surface area (Å²) in [5.41, 5.74) is 0. The van der Waals surface area contributed by atoms with Crippen LogP contribution in [0.15, 0.2) is 9.98 Å². The van der Waals surface area contributed by atoms with Crippen LogP contribution in [0.5, 0.6) is 0 Å². The fourth-order valence-corrected chi connectivity index (χ4v) is 3.26. The molecule has 144 valence electrons. The summed E-state index contributed by atoms with van der Waals surface area (Å²) in [4.78, 5) is 27.7. The average molecular weight is 351 g/mol. The predicted molar refractivity (Wildman–Crippen MR) is 104 cm³/mol. The second-order valence-corrected chi connectivity index (χ2v) is 7.09. The summed E-state index contributed by atoms with van der Waals surface area (Å²) in [6.07, 6.45) is 22.0. The summed E-state index contributed by atoms with van der Waals surface area (Å²) >= 11 is 0. The number of hydrogen-bond donors (Lipinski definition) is 0. The van der Waals surface area contributed by atoms with Crippen LogP contribution >= 0.6 is 0 Å². The summed E-state index contributed by atoms with van der Waals surface area (Å²) < 4.78 is 0. The molecule has 0 heterocycles. The van der Waals surface area contributed by atoms with Gasteiger partial charge in [0.15, 0.2) is 0 Å². The first-order chi connectivity index (χ1) is 12.3. The van der Waals surface area contributed by atoms with Crippen molar-refractivity contribution in [1.29, 1.82) is 0 Å². The van der Waals surface area contributed by atoms with Gasteiger partial charge in [-0.2, -0.15) is 0 Å². The summed E-state index contributed by atoms with van der Waals surface area (Å²) in [6, 6.07) is 0. The third-order valence-corrected chi connectivity index (χ3v) is 4.83. The Bertz CT molecular complexity index is 372. The lowest BCUT2D eigenvalue weighted by atomic mass is 9.94. The van der Waals surface area contributed by atoms with Gasteiger partial charge in [-0.1, -0.05) is 84.0 Å². The minimum atomic E-state index is 0.555. The van der Waals surface area contributed by atoms with Crippen LogP contribution in [-0.4, -0.2) is 25.2 Å². The van der Waals surface area contributed by atoms with Gasteiger partial charge in [0.2, 0.25) is 12.2 Å². The number of isocyanates is 2. The van der Waals surface area contributed by atoms with Crippen molar-refractivity contribution in [2.75, 3.05) is 13.1 Å². The molecule has 0 aliphatic heterocycles. The van der Waals surface area contributed by atoms with Gasteiger partial charge in [0, 0.05) is 0 Å². The molecule has 0 aliphatic rings. The van der Waals surface area contributed by atoms with E-state index in [9.17, 15) is 9.59 Å². The molecule has 0 aromatic heterocycles. The van der Waals surface area contributed by atoms with Crippen molar-refractivity contribution in [3.8, 4) is 0 Å². The van der Waals surface area contributed by atoms with Gasteiger partial charge < -0.3 is 0 Å². The number of hydrogen-bond acceptors (Lipinski definition) is 4. The van der Waals surface area contributed by atoms with Crippen molar-refractivity contribution in [3.05, 3.63) is 0 Å². The van der Waals surface area contributed by atoms with Gasteiger partial charge in [-0.25, -0.2) is 19.6 Å². The van der Waals surface area contributed by atoms with Gasteiger partial charge >= 0.3 is 0 Å². The maximum atomic E-state index is 10.4. The molecule has 0 N–H and O–H groups in total. The first-order valence-corrected chi connectivity index (χ1v) is 10.4. The van der Waals surface area contributed by atoms with E-state index in [1.54, 1.807) is 12.2 Å². The molecule has 0 rings (SSSR count). The van der Waals surface area contributed by atoms with E-state index in [0.29, 0.717) is 19.0 Å². The lowest BCUT2D eigenvalue weighted by molar-refractivity contribution is 0.410. The molecule has 0 saturated carbocycles. The summed E-state index contributed by atoms with van der Waals surface area (Å²) in [5, 5.41) is 0. The highest BCUT2D eigenvalue weighted by molar-refractivity contribution is 5.32. The fraction of sp³-hybridized carbons (Fsp3) is 0.905. The van der Waals surface area contributed by atoms with Gasteiger partial charge in [0.1, 0.15) is 0 Å². The first kappa shape index (κ1) is 23.8. The van der Waals surface area contributed by atoms with Crippen molar-refractivity contribution >= 4 is 12.2 Å². The molecule has 4 nitrogen and oxygen atoms in total. The molecule has 0 fully saturated rings. The number of rotatable bonds is 19. The fourth-order valence-electron chi connectivity index (χ4n) is 3.26. The van der Waals surface area contributed by atoms with Crippen LogP contribution in [0.25, 0.3) is 0 Å². The monoisotopic (exact) mass is 350 g/mol. The van der Waals surface area contributed by atoms with E-state index in [2.05, 4.69) is 16.9 Å². The molecule has 0 aliphatic carbocycles. The Morgan fingerprint density at radius 2 is 1.12 bits per heavy atom. The van der Waals surface area contributed by atoms with Crippen molar-refractivity contribution < 1.29 is 9.59 Å². The molecule has 0 bridgehead atoms. The molecular formula is C21H38N2O2. The van der Waals surface area contributed by atoms with Gasteiger partial charge in [0.25, 0.3) is 0 Å². The molecule has 0 aromatic carbocycles. The second-order valence-electron chi connectivity index (χ2n) is 7.09. The van der Waals surface area contributed by atoms with Crippen LogP contribution in [0.4, 0.5) is 0 Å². The lowest BCUT2D eigenvalue weighted by Crippen LogP contribution is -2.05. The van der Waals surface area contributed by atoms with Crippen LogP contribution in [-0.2, 0) is 9.59 Å². The summed E-state index contributed by atoms with van der Waals surface area (Å²) in [5.74, 6) is 0.555. The second kappa shape index (κ2) is 20.8. The van der Waals surface area contributed by atoms with E-state index >= 15 is 0 Å². The van der Waals surface area contributed by atoms with E-state index in [0.717, 1.165) is 12.8 Å². The van der Waals surface area contributed by atoms with Gasteiger partial charge in [-0.15, -0.1) is 0 Å². The Labute approximate surface area is 154 Å². The molecule has 0 saturated heterocycles. The van der Waals surface area contributed by atoms with Crippen LogP contribution in [0.1, 0.15) is 103 Å². The SMILES string of the molecule is CCCCCCCCCC(CCCCCCCCN=C=O)CN=C=O. The van der Waals surface area contributed by atoms with Crippen molar-refractivity contribution in [3.63, 3.8) is 0 Å². The topological polar surface area (TPSA) is 58.9 Å². The summed E-state index contributed by atoms with van der Waals surface area (Å²) in [7, 11) is 0. The predicted octanol–water partition coefficient (Wildman–Crippen LogP) is 6.15. The molecule has 1 atom stereocenters. The van der Waals surface area contributed by atoms with Crippen LogP contribution < -0.4 is 0 Å². The highest BCUT2D eigenvalue weighted by Crippen LogP contribution is 2.19. The van der Waals surface area contributed by atoms with Crippen molar-refractivity contribution in [2.45, 2.75) is 103 Å². The van der Waals surface area contributed by atoms with Gasteiger partial charge in [-0.05, 0) is 25.2 Å². The Kier molecular flexibility index (Phi) is 19.8. The highest BCUT2D eigenvalue weighted by Gasteiger charge is 2.08. The molecule has 25 heavy (non-hydrogen) atoms. The Morgan fingerprint density at radius 3 is 1.64 bits per heavy atom. The number of carbonyl (C=O) groups excluding carboxylic acids is 2. The molecule has 0 amide bonds. The standard InChI is InChI=1S/C21H38N2O2/c1-2-3-4-5-6-9-12-15-21(18-23-20-25)16-13-10-7-8-11-14-17-22-19-24/h21H,2-18H2,1H3. The zero-order chi connectivity index (χ0) is 18.4. The normalized spacial score (nSPS) is 11.6. The molecule has 4 heteroatoms. The average Bonchev–Trinajstić information content (AvgIpc) is 2.63. The Hall–Kier alpha value is -1.24. The number of nitrogens with zero attached hydrogens (tertiary/aromatic N) is 2. The van der Waals surface area contributed by atoms with Crippen LogP contribution in [0.3, 0.4) is 0 Å². The Morgan fingerprint density at radius 1 is 0.640 bits per heavy atom. The van der Waals surface area contributed by atoms with Crippen LogP contribution in [0, 0.1) is 5.92 Å². The molecule has 0 aromatic rings. The van der Waals surface area contributed by atoms with E-state index in [-0.39, 0.29) is 0 Å². The van der Waals surface area contributed by atoms with Crippen molar-refractivity contribution in [2.24, 2.45) is 15.9 Å². The highest BCUT2D eigenvalue weighted by atomic mass is 16.1. The Balaban J connectivity index is 3.63. The minimum Gasteiger partial charge on any atom is -0.211 e. The maximum Gasteiger partial charge on any atom is 0.234 e. The van der Waals surface area contributed by atoms with E-state index in [1.165, 1.54) is 83.5 Å². The molecule has 1 unspecified atom stereocenters. The minimum absolute atomic E-state index is 0.555. The largest absolute Gasteiger partial charge is 0.234 e. The van der Waals surface area contributed by atoms with Gasteiger partial charge in [-0.3, -0.25) is 0 Å². The zero-order valence-electron chi connectivity index (χ0n) is 16.3. The maximum absolute atomic E-state index is 10.4. The third kappa shape index (κ3) is 18.9. The molecular weight excluding hydrogens is 312 g/mol. The molecule has 0 spiro atoms. The van der Waals surface area contributed by atoms with Gasteiger partial charge in [0.05, 0.1) is 13.1 Å². The zero-order valence-corrected chi connectivity index (χ0v) is 16.3. The van der Waals surface area contributed by atoms with Crippen molar-refractivity contribution in [1.82, 2.24) is 0 Å². The quantitative estimate of drug-likeness (QED) is 0.159. The lowest BCUT2D eigenvalue weighted by Gasteiger charge is -2.14. The smallest absolute Gasteiger partial charge is 0.211 e. The summed E-state index contributed by atoms with van der Waals surface area (Å²) in [6.45, 7) is 3.53. The molecule has 0 radical (unpaired) electrons. The van der Waals surface area contributed by atoms with Crippen LogP contribution in [0.2, 0.25) is 0 Å². The van der Waals surface area contributed by atoms with E-state index in [4.69, 9.17) is 0 Å². The number of aliphatic imine (C=N–C) groups is 2. The third-order valence-electron chi connectivity index (χ3n) is 4.83. The first-order valence-electron chi connectivity index (χ1n) is 10.4. The van der Waals surface area contributed by atoms with E-state index in [1.807, 2.05) is 0 Å². The van der Waals surface area contributed by atoms with E-state index < -0.39 is 0 Å². The number of unbranched alkanes of at least 4 members (excludes halogenated alkanes) is 11.